The van der Waals surface area contributed by atoms with Crippen LogP contribution in [0.15, 0.2) is 18.2 Å². The molecule has 0 aliphatic rings. The van der Waals surface area contributed by atoms with Crippen LogP contribution >= 0.6 is 0 Å². The zero-order valence-corrected chi connectivity index (χ0v) is 12.3. The quantitative estimate of drug-likeness (QED) is 0.450. The second-order valence-electron chi connectivity index (χ2n) is 4.89. The number of esters is 1. The topological polar surface area (TPSA) is 70.8 Å². The molecule has 0 aliphatic carbocycles. The van der Waals surface area contributed by atoms with Crippen LogP contribution < -0.4 is 10.5 Å². The Morgan fingerprint density at radius 3 is 2.65 bits per heavy atom. The van der Waals surface area contributed by atoms with Crippen molar-refractivity contribution >= 4 is 11.7 Å². The number of ether oxygens (including phenoxy) is 3. The van der Waals surface area contributed by atoms with Crippen LogP contribution in [0.25, 0.3) is 0 Å². The van der Waals surface area contributed by atoms with E-state index in [2.05, 4.69) is 13.8 Å². The van der Waals surface area contributed by atoms with Gasteiger partial charge in [0.25, 0.3) is 0 Å². The third-order valence-corrected chi connectivity index (χ3v) is 2.74. The van der Waals surface area contributed by atoms with Crippen molar-refractivity contribution in [2.75, 3.05) is 32.7 Å². The lowest BCUT2D eigenvalue weighted by Gasteiger charge is -2.11. The molecule has 0 saturated heterocycles. The largest absolute Gasteiger partial charge is 0.490 e. The third-order valence-electron chi connectivity index (χ3n) is 2.74. The summed E-state index contributed by atoms with van der Waals surface area (Å²) in [5.74, 6) is 0.598. The molecule has 0 spiro atoms. The fourth-order valence-corrected chi connectivity index (χ4v) is 1.57. The molecule has 0 amide bonds. The van der Waals surface area contributed by atoms with E-state index in [1.165, 1.54) is 7.11 Å². The van der Waals surface area contributed by atoms with Gasteiger partial charge in [0.05, 0.1) is 13.7 Å². The molecule has 2 N–H and O–H groups in total. The first-order valence-corrected chi connectivity index (χ1v) is 6.73. The van der Waals surface area contributed by atoms with E-state index in [9.17, 15) is 4.79 Å². The summed E-state index contributed by atoms with van der Waals surface area (Å²) in [6.45, 7) is 5.85. The van der Waals surface area contributed by atoms with Crippen molar-refractivity contribution in [3.8, 4) is 5.75 Å². The third kappa shape index (κ3) is 5.48. The Bertz CT molecular complexity index is 432. The van der Waals surface area contributed by atoms with Gasteiger partial charge in [0.2, 0.25) is 0 Å². The summed E-state index contributed by atoms with van der Waals surface area (Å²) in [6.07, 6.45) is 1.02. The van der Waals surface area contributed by atoms with Gasteiger partial charge in [-0.3, -0.25) is 0 Å². The second kappa shape index (κ2) is 8.43. The highest BCUT2D eigenvalue weighted by Gasteiger charge is 2.13. The normalized spacial score (nSPS) is 10.6. The summed E-state index contributed by atoms with van der Waals surface area (Å²) < 4.78 is 15.7. The van der Waals surface area contributed by atoms with E-state index < -0.39 is 5.97 Å². The monoisotopic (exact) mass is 281 g/mol. The van der Waals surface area contributed by atoms with Gasteiger partial charge in [0.1, 0.15) is 17.9 Å². The van der Waals surface area contributed by atoms with Crippen molar-refractivity contribution in [1.82, 2.24) is 0 Å². The van der Waals surface area contributed by atoms with Crippen molar-refractivity contribution in [3.05, 3.63) is 23.8 Å². The van der Waals surface area contributed by atoms with Crippen LogP contribution in [0.5, 0.6) is 5.75 Å². The smallest absolute Gasteiger partial charge is 0.341 e. The molecule has 20 heavy (non-hydrogen) atoms. The van der Waals surface area contributed by atoms with Gasteiger partial charge in [0.15, 0.2) is 0 Å². The Morgan fingerprint density at radius 1 is 1.25 bits per heavy atom. The lowest BCUT2D eigenvalue weighted by Crippen LogP contribution is -2.11. The van der Waals surface area contributed by atoms with Crippen LogP contribution in [0.2, 0.25) is 0 Å². The zero-order chi connectivity index (χ0) is 15.0. The van der Waals surface area contributed by atoms with E-state index in [1.54, 1.807) is 18.2 Å². The zero-order valence-electron chi connectivity index (χ0n) is 12.3. The average molecular weight is 281 g/mol. The van der Waals surface area contributed by atoms with Crippen molar-refractivity contribution < 1.29 is 19.0 Å². The van der Waals surface area contributed by atoms with Crippen molar-refractivity contribution in [1.29, 1.82) is 0 Å². The minimum atomic E-state index is -0.444. The fraction of sp³-hybridized carbons (Fsp3) is 0.533. The molecular formula is C15H23NO4. The number of anilines is 1. The standard InChI is InChI=1S/C15H23NO4/c1-11(2)6-7-19-8-9-20-14-10-12(16)4-5-13(14)15(17)18-3/h4-5,10-11H,6-9,16H2,1-3H3. The van der Waals surface area contributed by atoms with Gasteiger partial charge in [-0.25, -0.2) is 4.79 Å². The van der Waals surface area contributed by atoms with Gasteiger partial charge >= 0.3 is 5.97 Å². The number of carbonyl (C=O) groups is 1. The summed E-state index contributed by atoms with van der Waals surface area (Å²) in [5.41, 5.74) is 6.59. The molecule has 0 heterocycles. The first kappa shape index (κ1) is 16.3. The van der Waals surface area contributed by atoms with E-state index >= 15 is 0 Å². The number of nitrogen functional groups attached to an aromatic ring is 1. The van der Waals surface area contributed by atoms with Gasteiger partial charge in [0, 0.05) is 18.4 Å². The number of nitrogens with two attached hydrogens (primary N) is 1. The van der Waals surface area contributed by atoms with Gasteiger partial charge in [-0.05, 0) is 24.5 Å². The average Bonchev–Trinajstić information content (AvgIpc) is 2.41. The number of benzene rings is 1. The van der Waals surface area contributed by atoms with Gasteiger partial charge in [-0.1, -0.05) is 13.8 Å². The highest BCUT2D eigenvalue weighted by molar-refractivity contribution is 5.93. The predicted octanol–water partition coefficient (Wildman–Crippen LogP) is 2.50. The summed E-state index contributed by atoms with van der Waals surface area (Å²) in [7, 11) is 1.33. The first-order valence-electron chi connectivity index (χ1n) is 6.73. The lowest BCUT2D eigenvalue weighted by molar-refractivity contribution is 0.0590. The highest BCUT2D eigenvalue weighted by Crippen LogP contribution is 2.22. The summed E-state index contributed by atoms with van der Waals surface area (Å²) in [4.78, 5) is 11.6. The number of hydrogen-bond donors (Lipinski definition) is 1. The SMILES string of the molecule is COC(=O)c1ccc(N)cc1OCCOCCC(C)C. The van der Waals surface area contributed by atoms with E-state index in [1.807, 2.05) is 0 Å². The van der Waals surface area contributed by atoms with Crippen LogP contribution in [0.1, 0.15) is 30.6 Å². The Morgan fingerprint density at radius 2 is 2.00 bits per heavy atom. The van der Waals surface area contributed by atoms with E-state index in [4.69, 9.17) is 19.9 Å². The highest BCUT2D eigenvalue weighted by atomic mass is 16.5. The molecule has 112 valence electrons. The van der Waals surface area contributed by atoms with Crippen molar-refractivity contribution in [2.45, 2.75) is 20.3 Å². The summed E-state index contributed by atoms with van der Waals surface area (Å²) in [6, 6.07) is 4.84. The molecule has 1 aromatic rings. The molecule has 0 unspecified atom stereocenters. The molecular weight excluding hydrogens is 258 g/mol. The number of methoxy groups -OCH3 is 1. The van der Waals surface area contributed by atoms with Crippen LogP contribution in [-0.2, 0) is 9.47 Å². The maximum Gasteiger partial charge on any atom is 0.341 e. The molecule has 0 radical (unpaired) electrons. The van der Waals surface area contributed by atoms with E-state index in [0.717, 1.165) is 6.42 Å². The van der Waals surface area contributed by atoms with Crippen LogP contribution in [0.4, 0.5) is 5.69 Å². The van der Waals surface area contributed by atoms with Crippen molar-refractivity contribution in [3.63, 3.8) is 0 Å². The fourth-order valence-electron chi connectivity index (χ4n) is 1.57. The Kier molecular flexibility index (Phi) is 6.87. The predicted molar refractivity (Wildman–Crippen MR) is 78.0 cm³/mol. The summed E-state index contributed by atoms with van der Waals surface area (Å²) >= 11 is 0. The van der Waals surface area contributed by atoms with Gasteiger partial charge in [-0.15, -0.1) is 0 Å². The molecule has 0 bridgehead atoms. The number of carbonyl (C=O) groups excluding carboxylic acids is 1. The lowest BCUT2D eigenvalue weighted by atomic mass is 10.1. The molecule has 0 aromatic heterocycles. The Labute approximate surface area is 120 Å². The minimum absolute atomic E-state index is 0.365. The molecule has 5 heteroatoms. The minimum Gasteiger partial charge on any atom is -0.490 e. The number of rotatable bonds is 8. The van der Waals surface area contributed by atoms with E-state index in [0.29, 0.717) is 42.7 Å². The first-order chi connectivity index (χ1) is 9.54. The van der Waals surface area contributed by atoms with Gasteiger partial charge in [-0.2, -0.15) is 0 Å². The molecule has 0 saturated carbocycles. The summed E-state index contributed by atoms with van der Waals surface area (Å²) in [5, 5.41) is 0. The van der Waals surface area contributed by atoms with Crippen LogP contribution in [0, 0.1) is 5.92 Å². The molecule has 0 atom stereocenters. The number of hydrogen-bond acceptors (Lipinski definition) is 5. The van der Waals surface area contributed by atoms with Gasteiger partial charge < -0.3 is 19.9 Å². The second-order valence-corrected chi connectivity index (χ2v) is 4.89. The maximum absolute atomic E-state index is 11.6. The Hall–Kier alpha value is -1.75. The van der Waals surface area contributed by atoms with Crippen molar-refractivity contribution in [2.24, 2.45) is 5.92 Å². The van der Waals surface area contributed by atoms with E-state index in [-0.39, 0.29) is 0 Å². The maximum atomic E-state index is 11.6. The molecule has 0 fully saturated rings. The van der Waals surface area contributed by atoms with Crippen LogP contribution in [-0.4, -0.2) is 32.9 Å². The molecule has 1 aromatic carbocycles. The Balaban J connectivity index is 2.46. The molecule has 5 nitrogen and oxygen atoms in total. The van der Waals surface area contributed by atoms with Crippen LogP contribution in [0.3, 0.4) is 0 Å². The molecule has 1 rings (SSSR count). The molecule has 0 aliphatic heterocycles.